The van der Waals surface area contributed by atoms with Gasteiger partial charge in [0, 0.05) is 28.9 Å². The molecule has 6 atom stereocenters. The van der Waals surface area contributed by atoms with Crippen molar-refractivity contribution in [3.63, 3.8) is 0 Å². The number of ketones is 2. The number of carbonyl (C=O) groups is 2. The van der Waals surface area contributed by atoms with Crippen LogP contribution in [0.1, 0.15) is 47.0 Å². The molecule has 0 N–H and O–H groups in total. The van der Waals surface area contributed by atoms with Crippen LogP contribution >= 0.6 is 0 Å². The Morgan fingerprint density at radius 2 is 1.82 bits per heavy atom. The van der Waals surface area contributed by atoms with Gasteiger partial charge >= 0.3 is 0 Å². The normalized spacial score (nSPS) is 46.1. The number of hydrogen-bond donors (Lipinski definition) is 0. The van der Waals surface area contributed by atoms with Crippen molar-refractivity contribution in [1.82, 2.24) is 0 Å². The summed E-state index contributed by atoms with van der Waals surface area (Å²) in [6.45, 7) is 13.1. The molecule has 0 aliphatic heterocycles. The Kier molecular flexibility index (Phi) is 2.76. The van der Waals surface area contributed by atoms with Crippen LogP contribution in [0, 0.1) is 40.9 Å². The average Bonchev–Trinajstić information content (AvgIpc) is 2.93. The molecule has 0 radical (unpaired) electrons. The molecule has 22 heavy (non-hydrogen) atoms. The summed E-state index contributed by atoms with van der Waals surface area (Å²) in [6, 6.07) is 0. The van der Waals surface area contributed by atoms with E-state index >= 15 is 0 Å². The fourth-order valence-corrected chi connectivity index (χ4v) is 6.02. The molecular formula is C20H26O2. The van der Waals surface area contributed by atoms with Gasteiger partial charge < -0.3 is 0 Å². The zero-order chi connectivity index (χ0) is 16.0. The van der Waals surface area contributed by atoms with E-state index < -0.39 is 0 Å². The highest BCUT2D eigenvalue weighted by atomic mass is 16.1. The summed E-state index contributed by atoms with van der Waals surface area (Å²) in [5, 5.41) is 0. The van der Waals surface area contributed by atoms with Crippen molar-refractivity contribution < 1.29 is 9.59 Å². The molecule has 0 saturated heterocycles. The van der Waals surface area contributed by atoms with E-state index in [1.807, 2.05) is 6.92 Å². The highest BCUT2D eigenvalue weighted by Gasteiger charge is 2.66. The zero-order valence-corrected chi connectivity index (χ0v) is 14.1. The molecule has 0 bridgehead atoms. The smallest absolute Gasteiger partial charge is 0.163 e. The van der Waals surface area contributed by atoms with Gasteiger partial charge in [-0.05, 0) is 42.4 Å². The van der Waals surface area contributed by atoms with Gasteiger partial charge in [-0.25, -0.2) is 0 Å². The van der Waals surface area contributed by atoms with Crippen LogP contribution in [0.15, 0.2) is 23.3 Å². The molecule has 0 heterocycles. The number of hydrogen-bond acceptors (Lipinski definition) is 2. The Balaban J connectivity index is 1.87. The number of Topliss-reactive ketones (excluding diaryl/α,β-unsaturated/α-hetero) is 2. The van der Waals surface area contributed by atoms with Crippen molar-refractivity contribution in [3.8, 4) is 0 Å². The third kappa shape index (κ3) is 1.56. The third-order valence-electron chi connectivity index (χ3n) is 7.30. The van der Waals surface area contributed by atoms with Gasteiger partial charge in [-0.1, -0.05) is 39.8 Å². The monoisotopic (exact) mass is 298 g/mol. The Bertz CT molecular complexity index is 636. The average molecular weight is 298 g/mol. The van der Waals surface area contributed by atoms with Gasteiger partial charge in [0.2, 0.25) is 0 Å². The SMILES string of the molecule is C=C1CCC2C(C3C(C)C(=O)C4=C(C(=O)C(C)C4)C13)C2(C)C. The molecule has 2 nitrogen and oxygen atoms in total. The highest BCUT2D eigenvalue weighted by molar-refractivity contribution is 6.13. The minimum Gasteiger partial charge on any atom is -0.294 e. The predicted octanol–water partition coefficient (Wildman–Crippen LogP) is 3.97. The van der Waals surface area contributed by atoms with Crippen LogP contribution in [0.3, 0.4) is 0 Å². The molecule has 2 saturated carbocycles. The van der Waals surface area contributed by atoms with Crippen molar-refractivity contribution in [1.29, 1.82) is 0 Å². The van der Waals surface area contributed by atoms with Crippen molar-refractivity contribution in [2.45, 2.75) is 47.0 Å². The lowest BCUT2D eigenvalue weighted by Crippen LogP contribution is -2.38. The summed E-state index contributed by atoms with van der Waals surface area (Å²) in [7, 11) is 0. The van der Waals surface area contributed by atoms with E-state index in [1.165, 1.54) is 12.0 Å². The van der Waals surface area contributed by atoms with Gasteiger partial charge in [-0.3, -0.25) is 9.59 Å². The van der Waals surface area contributed by atoms with Gasteiger partial charge in [0.25, 0.3) is 0 Å². The Hall–Kier alpha value is -1.18. The second-order valence-electron chi connectivity index (χ2n) is 8.72. The molecule has 6 unspecified atom stereocenters. The molecule has 4 rings (SSSR count). The lowest BCUT2D eigenvalue weighted by atomic mass is 9.64. The fourth-order valence-electron chi connectivity index (χ4n) is 6.02. The first kappa shape index (κ1) is 14.4. The molecule has 0 amide bonds. The van der Waals surface area contributed by atoms with Gasteiger partial charge in [-0.15, -0.1) is 0 Å². The van der Waals surface area contributed by atoms with Crippen LogP contribution in [0.5, 0.6) is 0 Å². The first-order chi connectivity index (χ1) is 10.3. The number of carbonyl (C=O) groups excluding carboxylic acids is 2. The topological polar surface area (TPSA) is 34.1 Å². The second kappa shape index (κ2) is 4.21. The van der Waals surface area contributed by atoms with Gasteiger partial charge in [0.05, 0.1) is 0 Å². The second-order valence-corrected chi connectivity index (χ2v) is 8.72. The lowest BCUT2D eigenvalue weighted by Gasteiger charge is -2.38. The third-order valence-corrected chi connectivity index (χ3v) is 7.30. The molecule has 0 aromatic heterocycles. The molecular weight excluding hydrogens is 272 g/mol. The van der Waals surface area contributed by atoms with Crippen molar-refractivity contribution in [2.75, 3.05) is 0 Å². The van der Waals surface area contributed by atoms with Gasteiger partial charge in [0.1, 0.15) is 0 Å². The molecule has 0 aromatic rings. The molecule has 0 spiro atoms. The quantitative estimate of drug-likeness (QED) is 0.634. The van der Waals surface area contributed by atoms with E-state index in [0.29, 0.717) is 29.6 Å². The van der Waals surface area contributed by atoms with Crippen LogP contribution in [-0.4, -0.2) is 11.6 Å². The Labute approximate surface area is 133 Å². The molecule has 0 aromatic carbocycles. The van der Waals surface area contributed by atoms with E-state index in [-0.39, 0.29) is 29.3 Å². The maximum absolute atomic E-state index is 12.9. The van der Waals surface area contributed by atoms with Crippen LogP contribution in [0.4, 0.5) is 0 Å². The first-order valence-corrected chi connectivity index (χ1v) is 8.76. The van der Waals surface area contributed by atoms with E-state index in [4.69, 9.17) is 0 Å². The van der Waals surface area contributed by atoms with Gasteiger partial charge in [0.15, 0.2) is 11.6 Å². The maximum Gasteiger partial charge on any atom is 0.163 e. The van der Waals surface area contributed by atoms with Crippen molar-refractivity contribution >= 4 is 11.6 Å². The zero-order valence-electron chi connectivity index (χ0n) is 14.1. The molecule has 4 aliphatic rings. The van der Waals surface area contributed by atoms with Crippen LogP contribution < -0.4 is 0 Å². The first-order valence-electron chi connectivity index (χ1n) is 8.76. The standard InChI is InChI=1S/C20H26O2/c1-9-6-7-13-17(20(13,4)5)15-11(3)19(22)12-8-10(2)18(21)16(12)14(9)15/h10-11,13-15,17H,1,6-8H2,2-5H3. The molecule has 118 valence electrons. The molecule has 4 aliphatic carbocycles. The van der Waals surface area contributed by atoms with Crippen LogP contribution in [0.2, 0.25) is 0 Å². The summed E-state index contributed by atoms with van der Waals surface area (Å²) in [6.07, 6.45) is 2.85. The van der Waals surface area contributed by atoms with Crippen LogP contribution in [0.25, 0.3) is 0 Å². The maximum atomic E-state index is 12.9. The predicted molar refractivity (Wildman–Crippen MR) is 86.1 cm³/mol. The molecule has 2 heteroatoms. The summed E-state index contributed by atoms with van der Waals surface area (Å²) in [5.74, 6) is 2.24. The Morgan fingerprint density at radius 1 is 1.14 bits per heavy atom. The van der Waals surface area contributed by atoms with Crippen molar-refractivity contribution in [3.05, 3.63) is 23.3 Å². The summed E-state index contributed by atoms with van der Waals surface area (Å²) in [4.78, 5) is 25.6. The van der Waals surface area contributed by atoms with Gasteiger partial charge in [-0.2, -0.15) is 0 Å². The number of rotatable bonds is 0. The fraction of sp³-hybridized carbons (Fsp3) is 0.700. The number of fused-ring (bicyclic) bond motifs is 4. The minimum atomic E-state index is -0.0148. The number of allylic oxidation sites excluding steroid dienone is 3. The summed E-state index contributed by atoms with van der Waals surface area (Å²) >= 11 is 0. The van der Waals surface area contributed by atoms with Crippen molar-refractivity contribution in [2.24, 2.45) is 40.9 Å². The summed E-state index contributed by atoms with van der Waals surface area (Å²) in [5.41, 5.74) is 3.25. The Morgan fingerprint density at radius 3 is 2.50 bits per heavy atom. The van der Waals surface area contributed by atoms with Crippen LogP contribution in [-0.2, 0) is 9.59 Å². The lowest BCUT2D eigenvalue weighted by molar-refractivity contribution is -0.123. The van der Waals surface area contributed by atoms with E-state index in [0.717, 1.165) is 17.6 Å². The summed E-state index contributed by atoms with van der Waals surface area (Å²) < 4.78 is 0. The van der Waals surface area contributed by atoms with E-state index in [2.05, 4.69) is 27.4 Å². The molecule has 2 fully saturated rings. The van der Waals surface area contributed by atoms with E-state index in [9.17, 15) is 9.59 Å². The largest absolute Gasteiger partial charge is 0.294 e. The highest BCUT2D eigenvalue weighted by Crippen LogP contribution is 2.70. The minimum absolute atomic E-state index is 0.0148. The van der Waals surface area contributed by atoms with E-state index in [1.54, 1.807) is 0 Å².